The van der Waals surface area contributed by atoms with Crippen molar-refractivity contribution >= 4 is 28.3 Å². The standard InChI is InChI=1S/C22H26N2O3S/c1-11-6-7-16(8-12(11)2)19-15(5)28-22(23-19)24-20(25)17-9-13(3)14(4)10-18(17)21(26)27/h6-8,17-18H,9-10H2,1-5H3,(H,26,27)(H,23,24,25)/t17-,18-/m0/s1. The number of nitrogens with one attached hydrogen (secondary N) is 1. The molecule has 3 rings (SSSR count). The number of carbonyl (C=O) groups is 2. The zero-order valence-electron chi connectivity index (χ0n) is 16.9. The van der Waals surface area contributed by atoms with Crippen LogP contribution in [0.2, 0.25) is 0 Å². The lowest BCUT2D eigenvalue weighted by atomic mass is 9.76. The Morgan fingerprint density at radius 1 is 1.04 bits per heavy atom. The smallest absolute Gasteiger partial charge is 0.307 e. The first-order valence-electron chi connectivity index (χ1n) is 9.41. The zero-order valence-corrected chi connectivity index (χ0v) is 17.7. The number of amides is 1. The number of aryl methyl sites for hydroxylation is 3. The van der Waals surface area contributed by atoms with E-state index >= 15 is 0 Å². The number of allylic oxidation sites excluding steroid dienone is 2. The predicted octanol–water partition coefficient (Wildman–Crippen LogP) is 5.12. The van der Waals surface area contributed by atoms with Crippen molar-refractivity contribution in [3.63, 3.8) is 0 Å². The van der Waals surface area contributed by atoms with Crippen molar-refractivity contribution < 1.29 is 14.7 Å². The minimum absolute atomic E-state index is 0.264. The number of hydrogen-bond acceptors (Lipinski definition) is 4. The molecule has 6 heteroatoms. The Bertz CT molecular complexity index is 974. The summed E-state index contributed by atoms with van der Waals surface area (Å²) in [5.41, 5.74) is 6.46. The Morgan fingerprint density at radius 2 is 1.68 bits per heavy atom. The van der Waals surface area contributed by atoms with Crippen LogP contribution in [0, 0.1) is 32.6 Å². The van der Waals surface area contributed by atoms with Gasteiger partial charge in [0.1, 0.15) is 0 Å². The average Bonchev–Trinajstić information content (AvgIpc) is 2.99. The summed E-state index contributed by atoms with van der Waals surface area (Å²) in [6.45, 7) is 10.0. The quantitative estimate of drug-likeness (QED) is 0.701. The lowest BCUT2D eigenvalue weighted by Gasteiger charge is -2.29. The number of benzene rings is 1. The Balaban J connectivity index is 1.83. The minimum Gasteiger partial charge on any atom is -0.481 e. The van der Waals surface area contributed by atoms with Gasteiger partial charge in [0, 0.05) is 10.4 Å². The summed E-state index contributed by atoms with van der Waals surface area (Å²) in [5, 5.41) is 12.9. The van der Waals surface area contributed by atoms with E-state index in [1.54, 1.807) is 0 Å². The van der Waals surface area contributed by atoms with Crippen molar-refractivity contribution in [3.8, 4) is 11.3 Å². The van der Waals surface area contributed by atoms with E-state index in [-0.39, 0.29) is 5.91 Å². The number of aromatic nitrogens is 1. The van der Waals surface area contributed by atoms with Crippen LogP contribution in [0.15, 0.2) is 29.3 Å². The molecule has 0 bridgehead atoms. The monoisotopic (exact) mass is 398 g/mol. The second-order valence-corrected chi connectivity index (χ2v) is 8.94. The number of carboxylic acids is 1. The van der Waals surface area contributed by atoms with Gasteiger partial charge >= 0.3 is 5.97 Å². The highest BCUT2D eigenvalue weighted by molar-refractivity contribution is 7.16. The third-order valence-electron chi connectivity index (χ3n) is 5.73. The first kappa shape index (κ1) is 20.3. The normalized spacial score (nSPS) is 19.6. The Morgan fingerprint density at radius 3 is 2.29 bits per heavy atom. The highest BCUT2D eigenvalue weighted by atomic mass is 32.1. The van der Waals surface area contributed by atoms with Crippen LogP contribution in [0.4, 0.5) is 5.13 Å². The Kier molecular flexibility index (Phi) is 5.70. The van der Waals surface area contributed by atoms with Gasteiger partial charge in [0.25, 0.3) is 0 Å². The van der Waals surface area contributed by atoms with E-state index < -0.39 is 17.8 Å². The number of thiazole rings is 1. The lowest BCUT2D eigenvalue weighted by Crippen LogP contribution is -2.36. The molecule has 0 unspecified atom stereocenters. The SMILES string of the molecule is CC1=C(C)C[C@H](C(=O)Nc2nc(-c3ccc(C)c(C)c3)c(C)s2)[C@@H](C(=O)O)C1. The van der Waals surface area contributed by atoms with Gasteiger partial charge in [-0.1, -0.05) is 23.3 Å². The van der Waals surface area contributed by atoms with Crippen molar-refractivity contribution in [2.75, 3.05) is 5.32 Å². The summed E-state index contributed by atoms with van der Waals surface area (Å²) in [4.78, 5) is 30.2. The van der Waals surface area contributed by atoms with Crippen LogP contribution < -0.4 is 5.32 Å². The Labute approximate surface area is 169 Å². The van der Waals surface area contributed by atoms with Crippen LogP contribution in [-0.4, -0.2) is 22.0 Å². The number of anilines is 1. The topological polar surface area (TPSA) is 79.3 Å². The van der Waals surface area contributed by atoms with Crippen LogP contribution >= 0.6 is 11.3 Å². The largest absolute Gasteiger partial charge is 0.481 e. The van der Waals surface area contributed by atoms with Crippen molar-refractivity contribution in [1.29, 1.82) is 0 Å². The van der Waals surface area contributed by atoms with Gasteiger partial charge in [-0.05, 0) is 64.7 Å². The molecule has 1 amide bonds. The van der Waals surface area contributed by atoms with Gasteiger partial charge in [0.2, 0.25) is 5.91 Å². The summed E-state index contributed by atoms with van der Waals surface area (Å²) in [5.74, 6) is -2.45. The van der Waals surface area contributed by atoms with E-state index in [1.807, 2.05) is 26.8 Å². The van der Waals surface area contributed by atoms with Crippen LogP contribution in [0.25, 0.3) is 11.3 Å². The molecule has 1 aliphatic carbocycles. The molecule has 2 N–H and O–H groups in total. The van der Waals surface area contributed by atoms with Gasteiger partial charge in [-0.15, -0.1) is 11.3 Å². The minimum atomic E-state index is -0.918. The molecule has 2 atom stereocenters. The van der Waals surface area contributed by atoms with E-state index in [0.29, 0.717) is 18.0 Å². The maximum absolute atomic E-state index is 12.9. The number of hydrogen-bond donors (Lipinski definition) is 2. The molecule has 0 aliphatic heterocycles. The van der Waals surface area contributed by atoms with Gasteiger partial charge in [0.15, 0.2) is 5.13 Å². The molecule has 5 nitrogen and oxygen atoms in total. The maximum Gasteiger partial charge on any atom is 0.307 e. The molecule has 0 spiro atoms. The van der Waals surface area contributed by atoms with Gasteiger partial charge in [-0.3, -0.25) is 9.59 Å². The summed E-state index contributed by atoms with van der Waals surface area (Å²) >= 11 is 1.42. The summed E-state index contributed by atoms with van der Waals surface area (Å²) in [7, 11) is 0. The molecule has 1 heterocycles. The van der Waals surface area contributed by atoms with E-state index in [0.717, 1.165) is 27.3 Å². The number of carbonyl (C=O) groups excluding carboxylic acids is 1. The molecular weight excluding hydrogens is 372 g/mol. The summed E-state index contributed by atoms with van der Waals surface area (Å²) in [6.07, 6.45) is 0.896. The molecule has 1 aliphatic rings. The molecule has 0 radical (unpaired) electrons. The van der Waals surface area contributed by atoms with Crippen molar-refractivity contribution in [1.82, 2.24) is 4.98 Å². The second-order valence-electron chi connectivity index (χ2n) is 7.73. The second kappa shape index (κ2) is 7.87. The average molecular weight is 399 g/mol. The third-order valence-corrected chi connectivity index (χ3v) is 6.61. The van der Waals surface area contributed by atoms with Gasteiger partial charge in [0.05, 0.1) is 17.5 Å². The molecular formula is C22H26N2O3S. The fraction of sp³-hybridized carbons (Fsp3) is 0.409. The highest BCUT2D eigenvalue weighted by Crippen LogP contribution is 2.36. The maximum atomic E-state index is 12.9. The molecule has 148 valence electrons. The fourth-order valence-electron chi connectivity index (χ4n) is 3.63. The third kappa shape index (κ3) is 4.02. The molecule has 1 aromatic carbocycles. The van der Waals surface area contributed by atoms with Gasteiger partial charge < -0.3 is 10.4 Å². The van der Waals surface area contributed by atoms with E-state index in [9.17, 15) is 14.7 Å². The zero-order chi connectivity index (χ0) is 20.6. The molecule has 28 heavy (non-hydrogen) atoms. The van der Waals surface area contributed by atoms with E-state index in [4.69, 9.17) is 0 Å². The number of nitrogens with zero attached hydrogens (tertiary/aromatic N) is 1. The molecule has 0 saturated carbocycles. The van der Waals surface area contributed by atoms with Crippen LogP contribution in [-0.2, 0) is 9.59 Å². The summed E-state index contributed by atoms with van der Waals surface area (Å²) in [6, 6.07) is 6.20. The van der Waals surface area contributed by atoms with Crippen LogP contribution in [0.3, 0.4) is 0 Å². The number of rotatable bonds is 4. The number of aliphatic carboxylic acids is 1. The number of carboxylic acid groups (broad SMARTS) is 1. The van der Waals surface area contributed by atoms with Gasteiger partial charge in [-0.2, -0.15) is 0 Å². The first-order chi connectivity index (χ1) is 13.2. The molecule has 1 aromatic heterocycles. The molecule has 0 fully saturated rings. The van der Waals surface area contributed by atoms with Crippen molar-refractivity contribution in [3.05, 3.63) is 45.3 Å². The predicted molar refractivity (Wildman–Crippen MR) is 113 cm³/mol. The molecule has 2 aromatic rings. The van der Waals surface area contributed by atoms with E-state index in [2.05, 4.69) is 36.3 Å². The van der Waals surface area contributed by atoms with Crippen molar-refractivity contribution in [2.45, 2.75) is 47.5 Å². The lowest BCUT2D eigenvalue weighted by molar-refractivity contribution is -0.146. The van der Waals surface area contributed by atoms with Gasteiger partial charge in [-0.25, -0.2) is 4.98 Å². The molecule has 0 saturated heterocycles. The highest BCUT2D eigenvalue weighted by Gasteiger charge is 2.37. The van der Waals surface area contributed by atoms with Crippen molar-refractivity contribution in [2.24, 2.45) is 11.8 Å². The fourth-order valence-corrected chi connectivity index (χ4v) is 4.47. The van der Waals surface area contributed by atoms with Crippen LogP contribution in [0.1, 0.15) is 42.7 Å². The first-order valence-corrected chi connectivity index (χ1v) is 10.2. The summed E-state index contributed by atoms with van der Waals surface area (Å²) < 4.78 is 0. The van der Waals surface area contributed by atoms with Crippen LogP contribution in [0.5, 0.6) is 0 Å². The Hall–Kier alpha value is -2.47. The van der Waals surface area contributed by atoms with E-state index in [1.165, 1.54) is 22.5 Å².